The molecule has 0 aliphatic rings. The van der Waals surface area contributed by atoms with Gasteiger partial charge in [-0.1, -0.05) is 0 Å². The molecule has 0 amide bonds. The molecule has 1 rings (SSSR count). The lowest BCUT2D eigenvalue weighted by molar-refractivity contribution is 0.0691. The van der Waals surface area contributed by atoms with Crippen molar-refractivity contribution in [3.05, 3.63) is 18.1 Å². The second-order valence-corrected chi connectivity index (χ2v) is 3.95. The average molecular weight is 219 g/mol. The van der Waals surface area contributed by atoms with Crippen molar-refractivity contribution in [1.29, 1.82) is 0 Å². The molecule has 0 unspecified atom stereocenters. The number of nitrogens with one attached hydrogen (secondary N) is 1. The Morgan fingerprint density at radius 2 is 2.19 bits per heavy atom. The average Bonchev–Trinajstić information content (AvgIpc) is 2.17. The number of rotatable bonds is 4. The van der Waals surface area contributed by atoms with E-state index in [-0.39, 0.29) is 11.5 Å². The van der Waals surface area contributed by atoms with Gasteiger partial charge in [-0.3, -0.25) is 0 Å². The molecule has 0 atom stereocenters. The third-order valence-corrected chi connectivity index (χ3v) is 1.90. The van der Waals surface area contributed by atoms with Crippen molar-refractivity contribution in [2.75, 3.05) is 5.32 Å². The number of anilines is 1. The molecule has 1 heterocycles. The number of aromatic carboxylic acids is 1. The molecule has 0 spiro atoms. The van der Waals surface area contributed by atoms with Crippen LogP contribution in [0.25, 0.3) is 0 Å². The first-order valence-electron chi connectivity index (χ1n) is 4.72. The molecule has 5 nitrogen and oxygen atoms in total. The number of aromatic nitrogens is 2. The molecule has 5 heteroatoms. The van der Waals surface area contributed by atoms with E-state index in [9.17, 15) is 4.79 Å². The van der Waals surface area contributed by atoms with Gasteiger partial charge >= 0.3 is 5.97 Å². The quantitative estimate of drug-likeness (QED) is 0.748. The first kappa shape index (κ1) is 12.0. The summed E-state index contributed by atoms with van der Waals surface area (Å²) < 4.78 is 0. The van der Waals surface area contributed by atoms with Crippen LogP contribution in [0.15, 0.2) is 12.4 Å². The summed E-state index contributed by atoms with van der Waals surface area (Å²) in [6.07, 6.45) is 8.45. The van der Waals surface area contributed by atoms with E-state index in [4.69, 9.17) is 11.5 Å². The maximum atomic E-state index is 10.9. The van der Waals surface area contributed by atoms with Crippen LogP contribution in [0.4, 0.5) is 5.82 Å². The molecule has 0 saturated heterocycles. The van der Waals surface area contributed by atoms with Crippen LogP contribution in [-0.2, 0) is 0 Å². The number of carboxylic acids is 1. The first-order chi connectivity index (χ1) is 7.46. The van der Waals surface area contributed by atoms with E-state index in [1.54, 1.807) is 0 Å². The normalized spacial score (nSPS) is 10.6. The first-order valence-corrected chi connectivity index (χ1v) is 4.72. The third-order valence-electron chi connectivity index (χ3n) is 1.90. The summed E-state index contributed by atoms with van der Waals surface area (Å²) in [6, 6.07) is 0. The summed E-state index contributed by atoms with van der Waals surface area (Å²) in [4.78, 5) is 18.6. The van der Waals surface area contributed by atoms with Gasteiger partial charge in [0.05, 0.1) is 0 Å². The molecule has 1 aromatic rings. The molecule has 0 aliphatic heterocycles. The standard InChI is InChI=1S/C11H13N3O2/c1-4-5-11(2,3)14-9-8(10(15)16)12-6-7-13-9/h1,6-7H,5H2,2-3H3,(H,13,14)(H,15,16). The van der Waals surface area contributed by atoms with Crippen molar-refractivity contribution in [2.45, 2.75) is 25.8 Å². The molecule has 16 heavy (non-hydrogen) atoms. The number of terminal acetylenes is 1. The van der Waals surface area contributed by atoms with Gasteiger partial charge in [-0.15, -0.1) is 12.3 Å². The topological polar surface area (TPSA) is 75.1 Å². The van der Waals surface area contributed by atoms with Crippen molar-refractivity contribution >= 4 is 11.8 Å². The highest BCUT2D eigenvalue weighted by molar-refractivity contribution is 5.90. The van der Waals surface area contributed by atoms with Crippen molar-refractivity contribution in [1.82, 2.24) is 9.97 Å². The van der Waals surface area contributed by atoms with Crippen molar-refractivity contribution < 1.29 is 9.90 Å². The minimum atomic E-state index is -1.12. The van der Waals surface area contributed by atoms with Gasteiger partial charge in [0.1, 0.15) is 0 Å². The Morgan fingerprint density at radius 1 is 1.56 bits per heavy atom. The van der Waals surface area contributed by atoms with Gasteiger partial charge in [0.25, 0.3) is 0 Å². The molecule has 84 valence electrons. The van der Waals surface area contributed by atoms with Crippen LogP contribution in [0.1, 0.15) is 30.8 Å². The summed E-state index contributed by atoms with van der Waals surface area (Å²) in [6.45, 7) is 3.74. The fourth-order valence-electron chi connectivity index (χ4n) is 1.21. The molecule has 0 aromatic carbocycles. The summed E-state index contributed by atoms with van der Waals surface area (Å²) in [7, 11) is 0. The monoisotopic (exact) mass is 219 g/mol. The van der Waals surface area contributed by atoms with Gasteiger partial charge in [0, 0.05) is 24.4 Å². The molecule has 0 radical (unpaired) electrons. The Balaban J connectivity index is 2.98. The Hall–Kier alpha value is -2.09. The lowest BCUT2D eigenvalue weighted by Crippen LogP contribution is -2.31. The molecule has 1 aromatic heterocycles. The molecule has 0 bridgehead atoms. The highest BCUT2D eigenvalue weighted by Gasteiger charge is 2.21. The maximum absolute atomic E-state index is 10.9. The van der Waals surface area contributed by atoms with Crippen molar-refractivity contribution in [2.24, 2.45) is 0 Å². The highest BCUT2D eigenvalue weighted by atomic mass is 16.4. The minimum absolute atomic E-state index is 0.104. The Labute approximate surface area is 93.9 Å². The fourth-order valence-corrected chi connectivity index (χ4v) is 1.21. The minimum Gasteiger partial charge on any atom is -0.476 e. The van der Waals surface area contributed by atoms with Crippen LogP contribution in [0, 0.1) is 12.3 Å². The fraction of sp³-hybridized carbons (Fsp3) is 0.364. The van der Waals surface area contributed by atoms with Crippen molar-refractivity contribution in [3.63, 3.8) is 0 Å². The van der Waals surface area contributed by atoms with Gasteiger partial charge in [0.2, 0.25) is 0 Å². The zero-order valence-corrected chi connectivity index (χ0v) is 9.19. The van der Waals surface area contributed by atoms with E-state index in [0.29, 0.717) is 6.42 Å². The van der Waals surface area contributed by atoms with Crippen LogP contribution >= 0.6 is 0 Å². The van der Waals surface area contributed by atoms with Gasteiger partial charge in [-0.2, -0.15) is 0 Å². The van der Waals surface area contributed by atoms with E-state index in [2.05, 4.69) is 21.2 Å². The molecular formula is C11H13N3O2. The summed E-state index contributed by atoms with van der Waals surface area (Å²) >= 11 is 0. The maximum Gasteiger partial charge on any atom is 0.358 e. The largest absolute Gasteiger partial charge is 0.476 e. The smallest absolute Gasteiger partial charge is 0.358 e. The van der Waals surface area contributed by atoms with E-state index in [1.165, 1.54) is 12.4 Å². The van der Waals surface area contributed by atoms with Crippen LogP contribution in [0.5, 0.6) is 0 Å². The summed E-state index contributed by atoms with van der Waals surface area (Å²) in [5.74, 6) is 1.63. The molecular weight excluding hydrogens is 206 g/mol. The van der Waals surface area contributed by atoms with Gasteiger partial charge in [0.15, 0.2) is 11.5 Å². The van der Waals surface area contributed by atoms with E-state index in [0.717, 1.165) is 0 Å². The van der Waals surface area contributed by atoms with Gasteiger partial charge in [-0.05, 0) is 13.8 Å². The van der Waals surface area contributed by atoms with Crippen LogP contribution in [0.3, 0.4) is 0 Å². The molecule has 0 fully saturated rings. The summed E-state index contributed by atoms with van der Waals surface area (Å²) in [5.41, 5.74) is -0.526. The lowest BCUT2D eigenvalue weighted by atomic mass is 10.0. The second-order valence-electron chi connectivity index (χ2n) is 3.95. The Morgan fingerprint density at radius 3 is 2.75 bits per heavy atom. The zero-order valence-electron chi connectivity index (χ0n) is 9.19. The number of carbonyl (C=O) groups is 1. The third kappa shape index (κ3) is 2.95. The predicted octanol–water partition coefficient (Wildman–Crippen LogP) is 1.39. The number of nitrogens with zero attached hydrogens (tertiary/aromatic N) is 2. The second kappa shape index (κ2) is 4.62. The van der Waals surface area contributed by atoms with Crippen LogP contribution < -0.4 is 5.32 Å². The number of hydrogen-bond acceptors (Lipinski definition) is 4. The van der Waals surface area contributed by atoms with E-state index < -0.39 is 11.5 Å². The molecule has 0 saturated carbocycles. The van der Waals surface area contributed by atoms with Crippen LogP contribution in [0.2, 0.25) is 0 Å². The van der Waals surface area contributed by atoms with E-state index in [1.807, 2.05) is 13.8 Å². The number of hydrogen-bond donors (Lipinski definition) is 2. The predicted molar refractivity (Wildman–Crippen MR) is 60.1 cm³/mol. The SMILES string of the molecule is C#CCC(C)(C)Nc1nccnc1C(=O)O. The van der Waals surface area contributed by atoms with E-state index >= 15 is 0 Å². The Bertz CT molecular complexity index is 435. The molecule has 0 aliphatic carbocycles. The van der Waals surface area contributed by atoms with Crippen LogP contribution in [-0.4, -0.2) is 26.6 Å². The zero-order chi connectivity index (χ0) is 12.2. The lowest BCUT2D eigenvalue weighted by Gasteiger charge is -2.24. The Kier molecular flexibility index (Phi) is 3.46. The summed E-state index contributed by atoms with van der Waals surface area (Å²) in [5, 5.41) is 11.9. The van der Waals surface area contributed by atoms with Crippen molar-refractivity contribution in [3.8, 4) is 12.3 Å². The highest BCUT2D eigenvalue weighted by Crippen LogP contribution is 2.17. The number of carboxylic acid groups (broad SMARTS) is 1. The molecule has 2 N–H and O–H groups in total. The van der Waals surface area contributed by atoms with Gasteiger partial charge < -0.3 is 10.4 Å². The van der Waals surface area contributed by atoms with Gasteiger partial charge in [-0.25, -0.2) is 14.8 Å².